The fraction of sp³-hybridized carbons (Fsp3) is 0.389. The summed E-state index contributed by atoms with van der Waals surface area (Å²) < 4.78 is 0. The first-order valence-electron chi connectivity index (χ1n) is 8.00. The molecule has 2 aromatic rings. The molecule has 5 nitrogen and oxygen atoms in total. The number of aryl methyl sites for hydroxylation is 1. The molecule has 0 aliphatic rings. The fourth-order valence-corrected chi connectivity index (χ4v) is 3.10. The summed E-state index contributed by atoms with van der Waals surface area (Å²) in [5.74, 6) is 0.332. The molecule has 1 aromatic carbocycles. The molecule has 2 amide bonds. The molecule has 2 rings (SSSR count). The topological polar surface area (TPSA) is 71.1 Å². The van der Waals surface area contributed by atoms with Gasteiger partial charge in [0.2, 0.25) is 5.91 Å². The maximum absolute atomic E-state index is 12.3. The van der Waals surface area contributed by atoms with E-state index in [0.29, 0.717) is 18.2 Å². The van der Waals surface area contributed by atoms with Crippen LogP contribution in [0.4, 0.5) is 5.69 Å². The van der Waals surface area contributed by atoms with Gasteiger partial charge in [0.1, 0.15) is 10.7 Å². The first-order valence-corrected chi connectivity index (χ1v) is 8.82. The quantitative estimate of drug-likeness (QED) is 0.835. The Balaban J connectivity index is 2.10. The maximum atomic E-state index is 12.3. The van der Waals surface area contributed by atoms with Crippen LogP contribution in [0.3, 0.4) is 0 Å². The molecule has 1 heterocycles. The van der Waals surface area contributed by atoms with Crippen LogP contribution in [-0.2, 0) is 4.79 Å². The molecule has 0 atom stereocenters. The van der Waals surface area contributed by atoms with E-state index in [1.165, 1.54) is 18.3 Å². The van der Waals surface area contributed by atoms with Crippen molar-refractivity contribution in [3.8, 4) is 10.6 Å². The second-order valence-corrected chi connectivity index (χ2v) is 7.32. The molecule has 0 aliphatic heterocycles. The van der Waals surface area contributed by atoms with Gasteiger partial charge in [-0.3, -0.25) is 9.59 Å². The Kier molecular flexibility index (Phi) is 6.09. The van der Waals surface area contributed by atoms with Crippen molar-refractivity contribution in [2.75, 3.05) is 11.9 Å². The van der Waals surface area contributed by atoms with E-state index in [2.05, 4.69) is 29.5 Å². The zero-order valence-electron chi connectivity index (χ0n) is 14.5. The Morgan fingerprint density at radius 3 is 2.46 bits per heavy atom. The number of amides is 2. The van der Waals surface area contributed by atoms with E-state index >= 15 is 0 Å². The van der Waals surface area contributed by atoms with Crippen LogP contribution in [0.15, 0.2) is 24.3 Å². The third kappa shape index (κ3) is 4.89. The van der Waals surface area contributed by atoms with Crippen LogP contribution in [0.1, 0.15) is 42.6 Å². The first kappa shape index (κ1) is 18.1. The molecule has 6 heteroatoms. The van der Waals surface area contributed by atoms with E-state index in [0.717, 1.165) is 27.6 Å². The van der Waals surface area contributed by atoms with E-state index in [1.54, 1.807) is 0 Å². The molecule has 0 fully saturated rings. The van der Waals surface area contributed by atoms with Crippen molar-refractivity contribution in [1.82, 2.24) is 10.3 Å². The van der Waals surface area contributed by atoms with E-state index in [1.807, 2.05) is 31.2 Å². The van der Waals surface area contributed by atoms with Crippen LogP contribution in [-0.4, -0.2) is 23.3 Å². The van der Waals surface area contributed by atoms with Crippen LogP contribution in [0, 0.1) is 12.8 Å². The minimum Gasteiger partial charge on any atom is -0.351 e. The van der Waals surface area contributed by atoms with Crippen molar-refractivity contribution in [3.05, 3.63) is 34.8 Å². The number of carbonyl (C=O) groups is 2. The lowest BCUT2D eigenvalue weighted by molar-refractivity contribution is -0.114. The Morgan fingerprint density at radius 2 is 1.88 bits per heavy atom. The lowest BCUT2D eigenvalue weighted by atomic mass is 10.1. The van der Waals surface area contributed by atoms with Gasteiger partial charge in [0.05, 0.1) is 0 Å². The Hall–Kier alpha value is -2.21. The molecule has 0 saturated carbocycles. The highest BCUT2D eigenvalue weighted by molar-refractivity contribution is 7.15. The van der Waals surface area contributed by atoms with Crippen molar-refractivity contribution in [2.24, 2.45) is 5.92 Å². The number of rotatable bonds is 6. The van der Waals surface area contributed by atoms with Gasteiger partial charge in [-0.15, -0.1) is 11.3 Å². The number of hydrogen-bond donors (Lipinski definition) is 2. The van der Waals surface area contributed by atoms with Gasteiger partial charge < -0.3 is 10.6 Å². The smallest absolute Gasteiger partial charge is 0.271 e. The number of nitrogens with zero attached hydrogens (tertiary/aromatic N) is 1. The van der Waals surface area contributed by atoms with Crippen LogP contribution in [0.2, 0.25) is 0 Å². The highest BCUT2D eigenvalue weighted by Gasteiger charge is 2.16. The number of hydrogen-bond acceptors (Lipinski definition) is 4. The Labute approximate surface area is 146 Å². The Morgan fingerprint density at radius 1 is 1.21 bits per heavy atom. The third-order valence-electron chi connectivity index (χ3n) is 3.47. The van der Waals surface area contributed by atoms with Crippen molar-refractivity contribution < 1.29 is 9.59 Å². The summed E-state index contributed by atoms with van der Waals surface area (Å²) in [6.07, 6.45) is 0.951. The molecule has 0 bridgehead atoms. The Bertz CT molecular complexity index is 720. The number of aromatic nitrogens is 1. The van der Waals surface area contributed by atoms with Gasteiger partial charge in [0, 0.05) is 29.6 Å². The molecule has 1 aromatic heterocycles. The van der Waals surface area contributed by atoms with Gasteiger partial charge >= 0.3 is 0 Å². The zero-order valence-corrected chi connectivity index (χ0v) is 15.3. The van der Waals surface area contributed by atoms with Gasteiger partial charge in [-0.25, -0.2) is 4.98 Å². The van der Waals surface area contributed by atoms with Crippen LogP contribution >= 0.6 is 11.3 Å². The molecule has 2 N–H and O–H groups in total. The number of nitrogens with one attached hydrogen (secondary N) is 2. The summed E-state index contributed by atoms with van der Waals surface area (Å²) in [6, 6.07) is 7.44. The molecule has 0 saturated heterocycles. The van der Waals surface area contributed by atoms with Crippen LogP contribution < -0.4 is 10.6 Å². The van der Waals surface area contributed by atoms with Crippen molar-refractivity contribution in [1.29, 1.82) is 0 Å². The molecule has 128 valence electrons. The van der Waals surface area contributed by atoms with Gasteiger partial charge in [0.15, 0.2) is 0 Å². The maximum Gasteiger partial charge on any atom is 0.271 e. The minimum atomic E-state index is -0.120. The summed E-state index contributed by atoms with van der Waals surface area (Å²) >= 11 is 1.50. The van der Waals surface area contributed by atoms with Crippen LogP contribution in [0.25, 0.3) is 10.6 Å². The van der Waals surface area contributed by atoms with E-state index in [9.17, 15) is 9.59 Å². The highest BCUT2D eigenvalue weighted by Crippen LogP contribution is 2.28. The van der Waals surface area contributed by atoms with Crippen molar-refractivity contribution in [2.45, 2.75) is 34.1 Å². The minimum absolute atomic E-state index is 0.104. The number of benzene rings is 1. The third-order valence-corrected chi connectivity index (χ3v) is 4.49. The van der Waals surface area contributed by atoms with E-state index in [-0.39, 0.29) is 11.8 Å². The summed E-state index contributed by atoms with van der Waals surface area (Å²) in [4.78, 5) is 28.7. The predicted molar refractivity (Wildman–Crippen MR) is 98.4 cm³/mol. The number of thiazole rings is 1. The molecular formula is C18H23N3O2S. The molecule has 0 radical (unpaired) electrons. The monoisotopic (exact) mass is 345 g/mol. The highest BCUT2D eigenvalue weighted by atomic mass is 32.1. The summed E-state index contributed by atoms with van der Waals surface area (Å²) in [5.41, 5.74) is 2.16. The van der Waals surface area contributed by atoms with Crippen LogP contribution in [0.5, 0.6) is 0 Å². The lowest BCUT2D eigenvalue weighted by Crippen LogP contribution is -2.26. The second kappa shape index (κ2) is 8.06. The molecule has 24 heavy (non-hydrogen) atoms. The largest absolute Gasteiger partial charge is 0.351 e. The predicted octanol–water partition coefficient (Wildman–Crippen LogP) is 3.85. The molecule has 0 aliphatic carbocycles. The first-order chi connectivity index (χ1) is 11.4. The molecular weight excluding hydrogens is 322 g/mol. The van der Waals surface area contributed by atoms with E-state index < -0.39 is 0 Å². The number of carbonyl (C=O) groups excluding carboxylic acids is 2. The summed E-state index contributed by atoms with van der Waals surface area (Å²) in [5, 5.41) is 6.46. The average Bonchev–Trinajstić information content (AvgIpc) is 2.89. The zero-order chi connectivity index (χ0) is 17.7. The molecule has 0 spiro atoms. The average molecular weight is 345 g/mol. The van der Waals surface area contributed by atoms with Gasteiger partial charge in [0.25, 0.3) is 5.91 Å². The van der Waals surface area contributed by atoms with Gasteiger partial charge in [-0.2, -0.15) is 0 Å². The fourth-order valence-electron chi connectivity index (χ4n) is 2.19. The van der Waals surface area contributed by atoms with Gasteiger partial charge in [-0.05, 0) is 43.5 Å². The standard InChI is InChI=1S/C18H23N3O2S/c1-11(2)9-10-19-17(23)16-12(3)24-18(21-16)14-5-7-15(8-6-14)20-13(4)22/h5-8,11H,9-10H2,1-4H3,(H,19,23)(H,20,22). The normalized spacial score (nSPS) is 10.7. The second-order valence-electron chi connectivity index (χ2n) is 6.12. The SMILES string of the molecule is CC(=O)Nc1ccc(-c2nc(C(=O)NCCC(C)C)c(C)s2)cc1. The van der Waals surface area contributed by atoms with Crippen molar-refractivity contribution >= 4 is 28.8 Å². The summed E-state index contributed by atoms with van der Waals surface area (Å²) in [6.45, 7) is 8.30. The number of anilines is 1. The van der Waals surface area contributed by atoms with Gasteiger partial charge in [-0.1, -0.05) is 13.8 Å². The van der Waals surface area contributed by atoms with Crippen molar-refractivity contribution in [3.63, 3.8) is 0 Å². The lowest BCUT2D eigenvalue weighted by Gasteiger charge is -2.06. The summed E-state index contributed by atoms with van der Waals surface area (Å²) in [7, 11) is 0. The molecule has 0 unspecified atom stereocenters. The van der Waals surface area contributed by atoms with E-state index in [4.69, 9.17) is 0 Å².